The number of amides is 1. The predicted octanol–water partition coefficient (Wildman–Crippen LogP) is 4.55. The van der Waals surface area contributed by atoms with Crippen LogP contribution in [-0.4, -0.2) is 56.5 Å². The molecular weight excluding hydrogens is 429 g/mol. The highest BCUT2D eigenvalue weighted by atomic mass is 35.5. The number of carbonyl (C=O) groups excluding carboxylic acids is 1. The number of hydrogen-bond acceptors (Lipinski definition) is 3. The monoisotopic (exact) mass is 465 g/mol. The molecule has 0 spiro atoms. The summed E-state index contributed by atoms with van der Waals surface area (Å²) in [7, 11) is 6.25. The van der Waals surface area contributed by atoms with E-state index in [4.69, 9.17) is 0 Å². The molecule has 4 nitrogen and oxygen atoms in total. The van der Waals surface area contributed by atoms with Crippen LogP contribution in [0.2, 0.25) is 0 Å². The number of carbonyl (C=O) groups is 1. The fourth-order valence-electron chi connectivity index (χ4n) is 4.76. The fraction of sp³-hybridized carbons (Fsp3) is 0.480. The molecule has 6 heteroatoms. The molecule has 1 aliphatic heterocycles. The van der Waals surface area contributed by atoms with Gasteiger partial charge in [0.25, 0.3) is 0 Å². The Kier molecular flexibility index (Phi) is 11.0. The van der Waals surface area contributed by atoms with Crippen LogP contribution >= 0.6 is 24.8 Å². The van der Waals surface area contributed by atoms with E-state index in [1.54, 1.807) is 0 Å². The maximum Gasteiger partial charge on any atom is 0.227 e. The molecule has 3 rings (SSSR count). The van der Waals surface area contributed by atoms with Crippen molar-refractivity contribution >= 4 is 30.7 Å². The Morgan fingerprint density at radius 2 is 1.52 bits per heavy atom. The molecule has 1 heterocycles. The average Bonchev–Trinajstić information content (AvgIpc) is 2.77. The number of nitrogens with one attached hydrogen (secondary N) is 1. The maximum absolute atomic E-state index is 13.5. The van der Waals surface area contributed by atoms with Gasteiger partial charge in [0.1, 0.15) is 0 Å². The molecule has 0 saturated carbocycles. The summed E-state index contributed by atoms with van der Waals surface area (Å²) in [6.07, 6.45) is 1.92. The second-order valence-corrected chi connectivity index (χ2v) is 8.48. The van der Waals surface area contributed by atoms with Gasteiger partial charge >= 0.3 is 0 Å². The Hall–Kier alpha value is -1.59. The Balaban J connectivity index is 0.00000240. The van der Waals surface area contributed by atoms with E-state index < -0.39 is 0 Å². The highest BCUT2D eigenvalue weighted by molar-refractivity contribution is 5.85. The molecule has 0 unspecified atom stereocenters. The largest absolute Gasteiger partial charge is 0.342 e. The summed E-state index contributed by atoms with van der Waals surface area (Å²) in [6, 6.07) is 21.1. The summed E-state index contributed by atoms with van der Waals surface area (Å²) in [5, 5.41) is 3.24. The molecule has 0 aliphatic carbocycles. The van der Waals surface area contributed by atoms with E-state index in [1.165, 1.54) is 11.1 Å². The zero-order valence-corrected chi connectivity index (χ0v) is 20.7. The van der Waals surface area contributed by atoms with Gasteiger partial charge in [0.2, 0.25) is 5.91 Å². The fourth-order valence-corrected chi connectivity index (χ4v) is 4.76. The van der Waals surface area contributed by atoms with E-state index >= 15 is 0 Å². The zero-order chi connectivity index (χ0) is 20.9. The normalized spacial score (nSPS) is 17.3. The Bertz CT molecular complexity index is 778. The molecule has 172 valence electrons. The van der Waals surface area contributed by atoms with Gasteiger partial charge in [0.05, 0.1) is 5.92 Å². The molecule has 0 radical (unpaired) electrons. The number of hydrogen-bond donors (Lipinski definition) is 1. The van der Waals surface area contributed by atoms with Gasteiger partial charge in [-0.1, -0.05) is 67.6 Å². The van der Waals surface area contributed by atoms with E-state index in [1.807, 2.05) is 13.1 Å². The molecule has 1 aliphatic rings. The van der Waals surface area contributed by atoms with Crippen molar-refractivity contribution in [3.63, 3.8) is 0 Å². The van der Waals surface area contributed by atoms with E-state index in [2.05, 4.69) is 90.7 Å². The van der Waals surface area contributed by atoms with Crippen molar-refractivity contribution in [2.24, 2.45) is 5.92 Å². The van der Waals surface area contributed by atoms with E-state index in [0.717, 1.165) is 25.9 Å². The summed E-state index contributed by atoms with van der Waals surface area (Å²) in [4.78, 5) is 17.9. The second kappa shape index (κ2) is 12.4. The van der Waals surface area contributed by atoms with Crippen molar-refractivity contribution < 1.29 is 4.79 Å². The third kappa shape index (κ3) is 6.01. The van der Waals surface area contributed by atoms with Gasteiger partial charge in [0, 0.05) is 25.2 Å². The smallest absolute Gasteiger partial charge is 0.227 e. The molecule has 0 aromatic heterocycles. The first kappa shape index (κ1) is 27.4. The van der Waals surface area contributed by atoms with Crippen molar-refractivity contribution in [2.75, 3.05) is 40.8 Å². The lowest BCUT2D eigenvalue weighted by atomic mass is 9.79. The minimum atomic E-state index is -0.0500. The van der Waals surface area contributed by atoms with Crippen LogP contribution in [0.15, 0.2) is 60.7 Å². The van der Waals surface area contributed by atoms with Gasteiger partial charge < -0.3 is 10.2 Å². The SMILES string of the molecule is CNC[C@@H](C(=O)N1CCC(c2ccccc2)(N(C)C)CC1)[C@@H](C)c1ccccc1.Cl.Cl. The van der Waals surface area contributed by atoms with Gasteiger partial charge in [-0.2, -0.15) is 0 Å². The van der Waals surface area contributed by atoms with Crippen molar-refractivity contribution in [2.45, 2.75) is 31.2 Å². The van der Waals surface area contributed by atoms with Crippen LogP contribution in [0, 0.1) is 5.92 Å². The summed E-state index contributed by atoms with van der Waals surface area (Å²) >= 11 is 0. The molecule has 1 saturated heterocycles. The van der Waals surface area contributed by atoms with Crippen LogP contribution in [0.25, 0.3) is 0 Å². The maximum atomic E-state index is 13.5. The van der Waals surface area contributed by atoms with E-state index in [9.17, 15) is 4.79 Å². The first-order chi connectivity index (χ1) is 14.0. The number of rotatable bonds is 7. The zero-order valence-electron chi connectivity index (χ0n) is 19.1. The van der Waals surface area contributed by atoms with Crippen molar-refractivity contribution in [1.82, 2.24) is 15.1 Å². The number of piperidine rings is 1. The summed E-state index contributed by atoms with van der Waals surface area (Å²) in [5.74, 6) is 0.410. The molecule has 2 aromatic carbocycles. The highest BCUT2D eigenvalue weighted by Gasteiger charge is 2.40. The van der Waals surface area contributed by atoms with Crippen LogP contribution in [0.3, 0.4) is 0 Å². The Morgan fingerprint density at radius 1 is 1.00 bits per heavy atom. The van der Waals surface area contributed by atoms with Crippen LogP contribution in [-0.2, 0) is 10.3 Å². The third-order valence-electron chi connectivity index (χ3n) is 6.74. The molecule has 1 N–H and O–H groups in total. The Labute approximate surface area is 200 Å². The van der Waals surface area contributed by atoms with Gasteiger partial charge in [-0.15, -0.1) is 24.8 Å². The van der Waals surface area contributed by atoms with Crippen molar-refractivity contribution in [1.29, 1.82) is 0 Å². The minimum absolute atomic E-state index is 0. The third-order valence-corrected chi connectivity index (χ3v) is 6.74. The summed E-state index contributed by atoms with van der Waals surface area (Å²) < 4.78 is 0. The van der Waals surface area contributed by atoms with Crippen LogP contribution < -0.4 is 5.32 Å². The second-order valence-electron chi connectivity index (χ2n) is 8.48. The molecule has 1 fully saturated rings. The van der Waals surface area contributed by atoms with Crippen LogP contribution in [0.1, 0.15) is 36.8 Å². The van der Waals surface area contributed by atoms with Gasteiger partial charge in [-0.05, 0) is 51.0 Å². The molecule has 2 aromatic rings. The van der Waals surface area contributed by atoms with Crippen molar-refractivity contribution in [3.8, 4) is 0 Å². The van der Waals surface area contributed by atoms with Crippen LogP contribution in [0.4, 0.5) is 0 Å². The van der Waals surface area contributed by atoms with Gasteiger partial charge in [-0.3, -0.25) is 9.69 Å². The lowest BCUT2D eigenvalue weighted by Crippen LogP contribution is -2.53. The standard InChI is InChI=1S/C25H35N3O.2ClH/c1-20(21-11-7-5-8-12-21)23(19-26-2)24(29)28-17-15-25(16-18-28,27(3)4)22-13-9-6-10-14-22;;/h5-14,20,23,26H,15-19H2,1-4H3;2*1H/t20-,23+;;/m0../s1. The minimum Gasteiger partial charge on any atom is -0.342 e. The van der Waals surface area contributed by atoms with E-state index in [0.29, 0.717) is 6.54 Å². The quantitative estimate of drug-likeness (QED) is 0.651. The summed E-state index contributed by atoms with van der Waals surface area (Å²) in [6.45, 7) is 4.47. The summed E-state index contributed by atoms with van der Waals surface area (Å²) in [5.41, 5.74) is 2.58. The van der Waals surface area contributed by atoms with Crippen molar-refractivity contribution in [3.05, 3.63) is 71.8 Å². The number of likely N-dealkylation sites (tertiary alicyclic amines) is 1. The van der Waals surface area contributed by atoms with Crippen LogP contribution in [0.5, 0.6) is 0 Å². The number of nitrogens with zero attached hydrogens (tertiary/aromatic N) is 2. The first-order valence-electron chi connectivity index (χ1n) is 10.7. The highest BCUT2D eigenvalue weighted by Crippen LogP contribution is 2.38. The lowest BCUT2D eigenvalue weighted by molar-refractivity contribution is -0.138. The number of halogens is 2. The Morgan fingerprint density at radius 3 is 2.00 bits per heavy atom. The average molecular weight is 466 g/mol. The van der Waals surface area contributed by atoms with Gasteiger partial charge in [0.15, 0.2) is 0 Å². The first-order valence-corrected chi connectivity index (χ1v) is 10.7. The molecule has 1 amide bonds. The number of benzene rings is 2. The molecular formula is C25H37Cl2N3O. The van der Waals surface area contributed by atoms with Gasteiger partial charge in [-0.25, -0.2) is 0 Å². The molecule has 2 atom stereocenters. The van der Waals surface area contributed by atoms with E-state index in [-0.39, 0.29) is 48.1 Å². The lowest BCUT2D eigenvalue weighted by Gasteiger charge is -2.47. The molecule has 0 bridgehead atoms. The predicted molar refractivity (Wildman–Crippen MR) is 134 cm³/mol. The topological polar surface area (TPSA) is 35.6 Å². The molecule has 31 heavy (non-hydrogen) atoms.